The van der Waals surface area contributed by atoms with Gasteiger partial charge in [-0.2, -0.15) is 0 Å². The van der Waals surface area contributed by atoms with Gasteiger partial charge in [0.15, 0.2) is 28.0 Å². The van der Waals surface area contributed by atoms with Crippen molar-refractivity contribution >= 4 is 33.5 Å². The molecule has 0 spiro atoms. The monoisotopic (exact) mass is 407 g/mol. The van der Waals surface area contributed by atoms with Gasteiger partial charge in [-0.25, -0.2) is 18.0 Å². The highest BCUT2D eigenvalue weighted by Gasteiger charge is 2.22. The van der Waals surface area contributed by atoms with E-state index in [1.165, 1.54) is 24.3 Å². The minimum atomic E-state index is -1.24. The summed E-state index contributed by atoms with van der Waals surface area (Å²) in [5.41, 5.74) is -1.99. The average Bonchev–Trinajstić information content (AvgIpc) is 2.66. The Hall–Kier alpha value is -3.26. The smallest absolute Gasteiger partial charge is 0.359 e. The van der Waals surface area contributed by atoms with Gasteiger partial charge in [0.1, 0.15) is 11.2 Å². The van der Waals surface area contributed by atoms with Gasteiger partial charge in [-0.05, 0) is 23.8 Å². The number of aromatic nitrogens is 1. The first-order valence-electron chi connectivity index (χ1n) is 7.89. The van der Waals surface area contributed by atoms with Crippen LogP contribution < -0.4 is 11.2 Å². The van der Waals surface area contributed by atoms with Crippen LogP contribution in [0.2, 0.25) is 5.02 Å². The van der Waals surface area contributed by atoms with Crippen LogP contribution in [-0.2, 0) is 6.54 Å². The predicted molar refractivity (Wildman–Crippen MR) is 96.3 cm³/mol. The molecule has 0 bridgehead atoms. The van der Waals surface area contributed by atoms with Gasteiger partial charge in [0.25, 0.3) is 5.56 Å². The maximum absolute atomic E-state index is 13.9. The molecule has 0 fully saturated rings. The Bertz CT molecular complexity index is 1380. The molecule has 0 aliphatic rings. The van der Waals surface area contributed by atoms with E-state index in [4.69, 9.17) is 16.0 Å². The fraction of sp³-hybridized carbons (Fsp3) is 0.0526. The SMILES string of the molecule is O=c1oc2c(c(O)c1Cl)c(=O)n(Cc1ccc(F)cc1)c1cc(F)c(F)cc21. The second-order valence-electron chi connectivity index (χ2n) is 6.06. The van der Waals surface area contributed by atoms with Crippen LogP contribution in [0, 0.1) is 17.5 Å². The van der Waals surface area contributed by atoms with E-state index in [1.807, 2.05) is 0 Å². The molecule has 142 valence electrons. The number of hydrogen-bond donors (Lipinski definition) is 1. The molecule has 0 aliphatic heterocycles. The second-order valence-corrected chi connectivity index (χ2v) is 6.44. The Morgan fingerprint density at radius 3 is 2.36 bits per heavy atom. The fourth-order valence-corrected chi connectivity index (χ4v) is 3.14. The Labute approximate surface area is 158 Å². The largest absolute Gasteiger partial charge is 0.505 e. The van der Waals surface area contributed by atoms with Gasteiger partial charge in [0, 0.05) is 11.5 Å². The third-order valence-electron chi connectivity index (χ3n) is 4.33. The van der Waals surface area contributed by atoms with Crippen molar-refractivity contribution in [1.29, 1.82) is 0 Å². The maximum Gasteiger partial charge on any atom is 0.359 e. The van der Waals surface area contributed by atoms with Crippen LogP contribution in [-0.4, -0.2) is 9.67 Å². The van der Waals surface area contributed by atoms with Crippen molar-refractivity contribution in [3.05, 3.63) is 85.2 Å². The fourth-order valence-electron chi connectivity index (χ4n) is 3.01. The van der Waals surface area contributed by atoms with Gasteiger partial charge in [-0.3, -0.25) is 4.79 Å². The van der Waals surface area contributed by atoms with Crippen molar-refractivity contribution in [2.45, 2.75) is 6.54 Å². The first-order chi connectivity index (χ1) is 13.3. The van der Waals surface area contributed by atoms with Crippen molar-refractivity contribution in [3.8, 4) is 5.75 Å². The summed E-state index contributed by atoms with van der Waals surface area (Å²) in [7, 11) is 0. The van der Waals surface area contributed by atoms with E-state index in [2.05, 4.69) is 0 Å². The maximum atomic E-state index is 13.9. The highest BCUT2D eigenvalue weighted by molar-refractivity contribution is 6.33. The number of fused-ring (bicyclic) bond motifs is 3. The highest BCUT2D eigenvalue weighted by atomic mass is 35.5. The normalized spacial score (nSPS) is 11.4. The molecule has 0 radical (unpaired) electrons. The van der Waals surface area contributed by atoms with Crippen LogP contribution in [0.3, 0.4) is 0 Å². The summed E-state index contributed by atoms with van der Waals surface area (Å²) >= 11 is 5.69. The lowest BCUT2D eigenvalue weighted by atomic mass is 10.1. The van der Waals surface area contributed by atoms with Crippen molar-refractivity contribution < 1.29 is 22.7 Å². The minimum absolute atomic E-state index is 0.0782. The van der Waals surface area contributed by atoms with Crippen molar-refractivity contribution in [1.82, 2.24) is 4.57 Å². The first kappa shape index (κ1) is 18.1. The molecule has 0 amide bonds. The number of pyridine rings is 1. The third kappa shape index (κ3) is 2.73. The first-order valence-corrected chi connectivity index (χ1v) is 8.27. The summed E-state index contributed by atoms with van der Waals surface area (Å²) in [6.07, 6.45) is 0. The zero-order chi connectivity index (χ0) is 20.2. The zero-order valence-corrected chi connectivity index (χ0v) is 14.6. The number of benzene rings is 2. The van der Waals surface area contributed by atoms with Gasteiger partial charge >= 0.3 is 5.63 Å². The second kappa shape index (κ2) is 6.42. The lowest BCUT2D eigenvalue weighted by molar-refractivity contribution is 0.467. The molecule has 0 atom stereocenters. The van der Waals surface area contributed by atoms with Gasteiger partial charge in [0.05, 0.1) is 12.1 Å². The van der Waals surface area contributed by atoms with Crippen LogP contribution in [0.4, 0.5) is 13.2 Å². The molecule has 0 aliphatic carbocycles. The van der Waals surface area contributed by atoms with E-state index >= 15 is 0 Å². The molecule has 0 saturated carbocycles. The molecule has 4 rings (SSSR count). The number of aromatic hydroxyl groups is 1. The molecule has 2 aromatic heterocycles. The van der Waals surface area contributed by atoms with Crippen LogP contribution in [0.25, 0.3) is 21.9 Å². The van der Waals surface area contributed by atoms with E-state index in [9.17, 15) is 27.9 Å². The zero-order valence-electron chi connectivity index (χ0n) is 13.8. The molecule has 2 heterocycles. The summed E-state index contributed by atoms with van der Waals surface area (Å²) in [6.45, 7) is -0.146. The lowest BCUT2D eigenvalue weighted by Crippen LogP contribution is -2.23. The van der Waals surface area contributed by atoms with E-state index < -0.39 is 50.4 Å². The predicted octanol–water partition coefficient (Wildman–Crippen LogP) is 3.93. The Morgan fingerprint density at radius 2 is 1.68 bits per heavy atom. The Morgan fingerprint density at radius 1 is 1.04 bits per heavy atom. The van der Waals surface area contributed by atoms with Crippen LogP contribution >= 0.6 is 11.6 Å². The highest BCUT2D eigenvalue weighted by Crippen LogP contribution is 2.32. The van der Waals surface area contributed by atoms with Crippen molar-refractivity contribution in [2.75, 3.05) is 0 Å². The number of nitrogens with zero attached hydrogens (tertiary/aromatic N) is 1. The Kier molecular flexibility index (Phi) is 4.15. The summed E-state index contributed by atoms with van der Waals surface area (Å²) in [6, 6.07) is 6.71. The molecule has 4 aromatic rings. The standard InChI is InChI=1S/C19H9ClF3NO4/c20-15-16(25)14-17(28-19(15)27)10-5-11(22)12(23)6-13(10)24(18(14)26)7-8-1-3-9(21)4-2-8/h1-6,25H,7H2. The molecule has 1 N–H and O–H groups in total. The average molecular weight is 408 g/mol. The van der Waals surface area contributed by atoms with Crippen LogP contribution in [0.15, 0.2) is 50.4 Å². The van der Waals surface area contributed by atoms with E-state index in [0.717, 1.165) is 16.7 Å². The molecular weight excluding hydrogens is 399 g/mol. The van der Waals surface area contributed by atoms with Gasteiger partial charge < -0.3 is 14.1 Å². The van der Waals surface area contributed by atoms with E-state index in [-0.39, 0.29) is 17.4 Å². The van der Waals surface area contributed by atoms with Gasteiger partial charge in [-0.1, -0.05) is 23.7 Å². The quantitative estimate of drug-likeness (QED) is 0.511. The molecule has 9 heteroatoms. The number of halogens is 4. The lowest BCUT2D eigenvalue weighted by Gasteiger charge is -2.14. The number of rotatable bonds is 2. The summed E-state index contributed by atoms with van der Waals surface area (Å²) in [5, 5.41) is 8.93. The van der Waals surface area contributed by atoms with Gasteiger partial charge in [-0.15, -0.1) is 0 Å². The van der Waals surface area contributed by atoms with Crippen molar-refractivity contribution in [2.24, 2.45) is 0 Å². The van der Waals surface area contributed by atoms with Crippen LogP contribution in [0.5, 0.6) is 5.75 Å². The Balaban J connectivity index is 2.16. The van der Waals surface area contributed by atoms with Crippen LogP contribution in [0.1, 0.15) is 5.56 Å². The summed E-state index contributed by atoms with van der Waals surface area (Å²) < 4.78 is 46.9. The molecule has 28 heavy (non-hydrogen) atoms. The van der Waals surface area contributed by atoms with Crippen molar-refractivity contribution in [3.63, 3.8) is 0 Å². The third-order valence-corrected chi connectivity index (χ3v) is 4.67. The van der Waals surface area contributed by atoms with Gasteiger partial charge in [0.2, 0.25) is 0 Å². The molecular formula is C19H9ClF3NO4. The summed E-state index contributed by atoms with van der Waals surface area (Å²) in [4.78, 5) is 24.8. The molecule has 2 aromatic carbocycles. The molecule has 5 nitrogen and oxygen atoms in total. The molecule has 0 unspecified atom stereocenters. The van der Waals surface area contributed by atoms with E-state index in [1.54, 1.807) is 0 Å². The topological polar surface area (TPSA) is 72.4 Å². The minimum Gasteiger partial charge on any atom is -0.505 e. The van der Waals surface area contributed by atoms with E-state index in [0.29, 0.717) is 5.56 Å². The summed E-state index contributed by atoms with van der Waals surface area (Å²) in [5.74, 6) is -3.77. The number of hydrogen-bond acceptors (Lipinski definition) is 4. The molecule has 0 saturated heterocycles.